The first kappa shape index (κ1) is 22.6. The Kier molecular flexibility index (Phi) is 6.01. The van der Waals surface area contributed by atoms with Crippen molar-refractivity contribution in [3.05, 3.63) is 27.7 Å². The number of hydrogen-bond acceptors (Lipinski definition) is 5. The number of hydrogen-bond donors (Lipinski definition) is 3. The molecule has 0 radical (unpaired) electrons. The van der Waals surface area contributed by atoms with Crippen molar-refractivity contribution in [2.24, 2.45) is 0 Å². The summed E-state index contributed by atoms with van der Waals surface area (Å²) in [5.74, 6) is -5.14. The van der Waals surface area contributed by atoms with Gasteiger partial charge in [0.25, 0.3) is 5.91 Å². The zero-order valence-corrected chi connectivity index (χ0v) is 16.6. The fraction of sp³-hybridized carbons (Fsp3) is 0.579. The highest BCUT2D eigenvalue weighted by atomic mass is 19.4. The largest absolute Gasteiger partial charge is 0.503 e. The van der Waals surface area contributed by atoms with Gasteiger partial charge in [-0.25, -0.2) is 4.79 Å². The van der Waals surface area contributed by atoms with Crippen molar-refractivity contribution >= 4 is 17.8 Å². The van der Waals surface area contributed by atoms with Crippen molar-refractivity contribution in [3.63, 3.8) is 0 Å². The molecule has 0 saturated heterocycles. The SMILES string of the molecule is CC(N1C(=O)c2c(O)c(=O)c(C(=O)O)cn2C[C@H]1C(=O)NC1CCCCC1)C(F)(F)F. The number of halogens is 3. The number of pyridine rings is 1. The highest BCUT2D eigenvalue weighted by Gasteiger charge is 2.50. The molecule has 3 N–H and O–H groups in total. The summed E-state index contributed by atoms with van der Waals surface area (Å²) in [5.41, 5.74) is -3.04. The summed E-state index contributed by atoms with van der Waals surface area (Å²) in [6, 6.07) is -4.23. The average Bonchev–Trinajstić information content (AvgIpc) is 2.69. The molecule has 31 heavy (non-hydrogen) atoms. The fourth-order valence-electron chi connectivity index (χ4n) is 4.07. The van der Waals surface area contributed by atoms with Crippen molar-refractivity contribution in [1.29, 1.82) is 0 Å². The maximum absolute atomic E-state index is 13.5. The first-order chi connectivity index (χ1) is 14.4. The zero-order chi connectivity index (χ0) is 23.1. The van der Waals surface area contributed by atoms with Gasteiger partial charge in [-0.1, -0.05) is 19.3 Å². The molecular formula is C19H22F3N3O6. The van der Waals surface area contributed by atoms with Crippen LogP contribution >= 0.6 is 0 Å². The third-order valence-electron chi connectivity index (χ3n) is 5.77. The lowest BCUT2D eigenvalue weighted by atomic mass is 9.95. The minimum atomic E-state index is -4.88. The molecule has 2 heterocycles. The van der Waals surface area contributed by atoms with Crippen LogP contribution in [0.2, 0.25) is 0 Å². The third-order valence-corrected chi connectivity index (χ3v) is 5.77. The average molecular weight is 445 g/mol. The van der Waals surface area contributed by atoms with Crippen molar-refractivity contribution < 1.29 is 37.8 Å². The molecule has 1 saturated carbocycles. The Morgan fingerprint density at radius 2 is 1.81 bits per heavy atom. The normalized spacial score (nSPS) is 20.8. The van der Waals surface area contributed by atoms with E-state index in [1.807, 2.05) is 0 Å². The van der Waals surface area contributed by atoms with Crippen LogP contribution in [0.25, 0.3) is 0 Å². The molecule has 0 aromatic carbocycles. The highest BCUT2D eigenvalue weighted by molar-refractivity contribution is 6.00. The lowest BCUT2D eigenvalue weighted by Crippen LogP contribution is -2.62. The number of carboxylic acid groups (broad SMARTS) is 1. The van der Waals surface area contributed by atoms with E-state index >= 15 is 0 Å². The number of carboxylic acids is 1. The van der Waals surface area contributed by atoms with E-state index in [-0.39, 0.29) is 6.04 Å². The number of nitrogens with zero attached hydrogens (tertiary/aromatic N) is 2. The van der Waals surface area contributed by atoms with E-state index in [2.05, 4.69) is 5.32 Å². The van der Waals surface area contributed by atoms with Crippen molar-refractivity contribution in [1.82, 2.24) is 14.8 Å². The van der Waals surface area contributed by atoms with Gasteiger partial charge in [-0.15, -0.1) is 0 Å². The van der Waals surface area contributed by atoms with E-state index in [0.29, 0.717) is 24.7 Å². The van der Waals surface area contributed by atoms with Gasteiger partial charge in [0.2, 0.25) is 11.3 Å². The van der Waals surface area contributed by atoms with E-state index in [9.17, 15) is 37.5 Å². The van der Waals surface area contributed by atoms with Crippen molar-refractivity contribution in [2.45, 2.75) is 69.9 Å². The predicted octanol–water partition coefficient (Wildman–Crippen LogP) is 1.48. The topological polar surface area (TPSA) is 129 Å². The van der Waals surface area contributed by atoms with Gasteiger partial charge in [-0.3, -0.25) is 14.4 Å². The van der Waals surface area contributed by atoms with E-state index in [0.717, 1.165) is 30.0 Å². The van der Waals surface area contributed by atoms with Crippen molar-refractivity contribution in [2.75, 3.05) is 0 Å². The molecule has 1 aromatic heterocycles. The van der Waals surface area contributed by atoms with Crippen LogP contribution in [0.3, 0.4) is 0 Å². The van der Waals surface area contributed by atoms with Gasteiger partial charge in [0, 0.05) is 12.2 Å². The third kappa shape index (κ3) is 4.23. The molecule has 12 heteroatoms. The molecule has 1 aliphatic carbocycles. The van der Waals surface area contributed by atoms with Crippen LogP contribution in [0.5, 0.6) is 5.75 Å². The van der Waals surface area contributed by atoms with Gasteiger partial charge >= 0.3 is 12.1 Å². The molecule has 1 unspecified atom stereocenters. The number of carbonyl (C=O) groups is 3. The molecule has 3 rings (SSSR count). The van der Waals surface area contributed by atoms with E-state index in [4.69, 9.17) is 5.11 Å². The summed E-state index contributed by atoms with van der Waals surface area (Å²) in [5, 5.41) is 21.9. The van der Waals surface area contributed by atoms with Crippen LogP contribution in [0.4, 0.5) is 13.2 Å². The molecule has 2 atom stereocenters. The van der Waals surface area contributed by atoms with Crippen LogP contribution in [0.15, 0.2) is 11.0 Å². The standard InChI is InChI=1S/C19H22F3N3O6/c1-9(19(20,21)22)25-12(16(28)23-10-5-3-2-4-6-10)8-24-7-11(18(30)31)14(26)15(27)13(24)17(25)29/h7,9-10,12,27H,2-6,8H2,1H3,(H,23,28)(H,30,31)/t9?,12-/m0/s1. The molecule has 2 aliphatic rings. The Morgan fingerprint density at radius 3 is 2.35 bits per heavy atom. The van der Waals surface area contributed by atoms with Gasteiger partial charge in [-0.05, 0) is 19.8 Å². The highest BCUT2D eigenvalue weighted by Crippen LogP contribution is 2.32. The number of aromatic nitrogens is 1. The smallest absolute Gasteiger partial charge is 0.408 e. The monoisotopic (exact) mass is 445 g/mol. The van der Waals surface area contributed by atoms with Crippen molar-refractivity contribution in [3.8, 4) is 5.75 Å². The Hall–Kier alpha value is -3.05. The molecule has 1 aliphatic heterocycles. The van der Waals surface area contributed by atoms with Crippen LogP contribution in [0.1, 0.15) is 59.9 Å². The van der Waals surface area contributed by atoms with Gasteiger partial charge in [-0.2, -0.15) is 13.2 Å². The van der Waals surface area contributed by atoms with Gasteiger partial charge in [0.15, 0.2) is 11.4 Å². The quantitative estimate of drug-likeness (QED) is 0.644. The Bertz CT molecular complexity index is 968. The van der Waals surface area contributed by atoms with Crippen LogP contribution in [0, 0.1) is 0 Å². The molecule has 0 spiro atoms. The van der Waals surface area contributed by atoms with Crippen LogP contribution in [-0.4, -0.2) is 61.8 Å². The Labute approximate surface area is 174 Å². The van der Waals surface area contributed by atoms with Crippen LogP contribution < -0.4 is 10.7 Å². The van der Waals surface area contributed by atoms with Gasteiger partial charge in [0.1, 0.15) is 17.6 Å². The van der Waals surface area contributed by atoms with Crippen LogP contribution in [-0.2, 0) is 11.3 Å². The lowest BCUT2D eigenvalue weighted by Gasteiger charge is -2.41. The molecular weight excluding hydrogens is 423 g/mol. The maximum Gasteiger partial charge on any atom is 0.408 e. The Balaban J connectivity index is 2.06. The van der Waals surface area contributed by atoms with E-state index in [1.165, 1.54) is 0 Å². The predicted molar refractivity (Wildman–Crippen MR) is 99.8 cm³/mol. The second kappa shape index (κ2) is 8.23. The molecule has 1 fully saturated rings. The minimum Gasteiger partial charge on any atom is -0.503 e. The first-order valence-electron chi connectivity index (χ1n) is 9.83. The molecule has 1 aromatic rings. The summed E-state index contributed by atoms with van der Waals surface area (Å²) in [6.45, 7) is 0.156. The van der Waals surface area contributed by atoms with E-state index in [1.54, 1.807) is 0 Å². The number of aromatic hydroxyl groups is 1. The minimum absolute atomic E-state index is 0.238. The maximum atomic E-state index is 13.5. The molecule has 2 amide bonds. The number of rotatable bonds is 4. The zero-order valence-electron chi connectivity index (χ0n) is 16.6. The van der Waals surface area contributed by atoms with Gasteiger partial charge < -0.3 is 25.0 Å². The lowest BCUT2D eigenvalue weighted by molar-refractivity contribution is -0.179. The number of nitrogens with one attached hydrogen (secondary N) is 1. The number of carbonyl (C=O) groups excluding carboxylic acids is 2. The second-order valence-corrected chi connectivity index (χ2v) is 7.82. The molecule has 170 valence electrons. The first-order valence-corrected chi connectivity index (χ1v) is 9.83. The second-order valence-electron chi connectivity index (χ2n) is 7.82. The molecule has 9 nitrogen and oxygen atoms in total. The number of aromatic carboxylic acids is 1. The molecule has 0 bridgehead atoms. The summed E-state index contributed by atoms with van der Waals surface area (Å²) >= 11 is 0. The Morgan fingerprint density at radius 1 is 1.19 bits per heavy atom. The summed E-state index contributed by atoms with van der Waals surface area (Å²) in [7, 11) is 0. The number of alkyl halides is 3. The summed E-state index contributed by atoms with van der Waals surface area (Å²) < 4.78 is 41.3. The summed E-state index contributed by atoms with van der Waals surface area (Å²) in [6.07, 6.45) is -0.0908. The van der Waals surface area contributed by atoms with E-state index < -0.39 is 65.0 Å². The fourth-order valence-corrected chi connectivity index (χ4v) is 4.07. The van der Waals surface area contributed by atoms with Gasteiger partial charge in [0.05, 0.1) is 6.54 Å². The number of fused-ring (bicyclic) bond motifs is 1. The summed E-state index contributed by atoms with van der Waals surface area (Å²) in [4.78, 5) is 49.5. The number of amides is 2.